The zero-order chi connectivity index (χ0) is 12.1. The second kappa shape index (κ2) is 6.60. The molecule has 0 radical (unpaired) electrons. The first kappa shape index (κ1) is 14.0. The summed E-state index contributed by atoms with van der Waals surface area (Å²) in [7, 11) is 0. The molecular formula is C16H19NO. The molecule has 0 heterocycles. The van der Waals surface area contributed by atoms with Crippen molar-refractivity contribution in [3.05, 3.63) is 60.2 Å². The first-order valence-corrected chi connectivity index (χ1v) is 5.75. The van der Waals surface area contributed by atoms with Gasteiger partial charge in [-0.25, -0.2) is 0 Å². The average molecular weight is 241 g/mol. The Balaban J connectivity index is 0.00000162. The van der Waals surface area contributed by atoms with Crippen LogP contribution in [-0.4, -0.2) is 12.5 Å². The van der Waals surface area contributed by atoms with Gasteiger partial charge in [0, 0.05) is 12.1 Å². The quantitative estimate of drug-likeness (QED) is 0.871. The lowest BCUT2D eigenvalue weighted by Crippen LogP contribution is -2.22. The Morgan fingerprint density at radius 1 is 0.944 bits per heavy atom. The number of rotatable bonds is 3. The van der Waals surface area contributed by atoms with E-state index in [0.29, 0.717) is 12.1 Å². The average Bonchev–Trinajstić information content (AvgIpc) is 2.40. The maximum absolute atomic E-state index is 11.6. The van der Waals surface area contributed by atoms with Gasteiger partial charge >= 0.3 is 0 Å². The van der Waals surface area contributed by atoms with Crippen molar-refractivity contribution in [3.8, 4) is 11.1 Å². The second-order valence-electron chi connectivity index (χ2n) is 3.80. The van der Waals surface area contributed by atoms with E-state index in [9.17, 15) is 4.79 Å². The highest BCUT2D eigenvalue weighted by Crippen LogP contribution is 2.19. The summed E-state index contributed by atoms with van der Waals surface area (Å²) in [6.07, 6.45) is 0. The van der Waals surface area contributed by atoms with Crippen LogP contribution in [0.4, 0.5) is 0 Å². The van der Waals surface area contributed by atoms with Crippen LogP contribution in [0, 0.1) is 0 Å². The predicted molar refractivity (Wildman–Crippen MR) is 76.6 cm³/mol. The molecule has 2 aromatic carbocycles. The lowest BCUT2D eigenvalue weighted by Gasteiger charge is -2.04. The third-order valence-corrected chi connectivity index (χ3v) is 2.59. The van der Waals surface area contributed by atoms with Gasteiger partial charge in [0.2, 0.25) is 0 Å². The van der Waals surface area contributed by atoms with E-state index in [2.05, 4.69) is 17.4 Å². The second-order valence-corrected chi connectivity index (χ2v) is 3.80. The van der Waals surface area contributed by atoms with Crippen LogP contribution >= 0.6 is 0 Å². The number of amides is 1. The van der Waals surface area contributed by atoms with Gasteiger partial charge in [-0.1, -0.05) is 49.9 Å². The minimum atomic E-state index is -0.0212. The Bertz CT molecular complexity index is 488. The molecule has 0 fully saturated rings. The Morgan fingerprint density at radius 3 is 2.06 bits per heavy atom. The van der Waals surface area contributed by atoms with E-state index in [4.69, 9.17) is 0 Å². The van der Waals surface area contributed by atoms with Gasteiger partial charge in [-0.15, -0.1) is 0 Å². The predicted octanol–water partition coefficient (Wildman–Crippen LogP) is 3.74. The summed E-state index contributed by atoms with van der Waals surface area (Å²) in [5, 5.41) is 2.78. The number of carbonyl (C=O) groups is 1. The van der Waals surface area contributed by atoms with E-state index in [1.807, 2.05) is 49.4 Å². The van der Waals surface area contributed by atoms with E-state index in [1.165, 1.54) is 0 Å². The minimum Gasteiger partial charge on any atom is -0.352 e. The fraction of sp³-hybridized carbons (Fsp3) is 0.188. The molecule has 0 saturated heterocycles. The number of hydrogen-bond donors (Lipinski definition) is 1. The standard InChI is InChI=1S/C15H15NO.CH4/c1-2-16-15(17)14-10-8-13(9-11-14)12-6-4-3-5-7-12;/h3-11H,2H2,1H3,(H,16,17);1H4. The smallest absolute Gasteiger partial charge is 0.251 e. The Labute approximate surface area is 109 Å². The third-order valence-electron chi connectivity index (χ3n) is 2.59. The summed E-state index contributed by atoms with van der Waals surface area (Å²) < 4.78 is 0. The summed E-state index contributed by atoms with van der Waals surface area (Å²) in [4.78, 5) is 11.6. The lowest BCUT2D eigenvalue weighted by molar-refractivity contribution is 0.0956. The van der Waals surface area contributed by atoms with Crippen molar-refractivity contribution in [1.29, 1.82) is 0 Å². The van der Waals surface area contributed by atoms with E-state index >= 15 is 0 Å². The molecule has 2 nitrogen and oxygen atoms in total. The highest BCUT2D eigenvalue weighted by molar-refractivity contribution is 5.94. The van der Waals surface area contributed by atoms with Gasteiger partial charge in [0.05, 0.1) is 0 Å². The van der Waals surface area contributed by atoms with Crippen molar-refractivity contribution >= 4 is 5.91 Å². The van der Waals surface area contributed by atoms with Crippen molar-refractivity contribution < 1.29 is 4.79 Å². The van der Waals surface area contributed by atoms with Gasteiger partial charge in [-0.3, -0.25) is 4.79 Å². The molecule has 2 rings (SSSR count). The molecule has 1 N–H and O–H groups in total. The van der Waals surface area contributed by atoms with Crippen molar-refractivity contribution in [3.63, 3.8) is 0 Å². The summed E-state index contributed by atoms with van der Waals surface area (Å²) in [6, 6.07) is 17.8. The molecule has 0 spiro atoms. The number of carbonyl (C=O) groups excluding carboxylic acids is 1. The number of benzene rings is 2. The van der Waals surface area contributed by atoms with Gasteiger partial charge in [-0.05, 0) is 30.2 Å². The molecule has 0 saturated carbocycles. The van der Waals surface area contributed by atoms with Crippen LogP contribution < -0.4 is 5.32 Å². The molecule has 0 unspecified atom stereocenters. The monoisotopic (exact) mass is 241 g/mol. The molecule has 0 atom stereocenters. The number of nitrogens with one attached hydrogen (secondary N) is 1. The van der Waals surface area contributed by atoms with E-state index < -0.39 is 0 Å². The topological polar surface area (TPSA) is 29.1 Å². The Hall–Kier alpha value is -2.09. The van der Waals surface area contributed by atoms with Crippen molar-refractivity contribution in [2.24, 2.45) is 0 Å². The van der Waals surface area contributed by atoms with Crippen molar-refractivity contribution in [2.75, 3.05) is 6.54 Å². The Kier molecular flexibility index (Phi) is 5.12. The third kappa shape index (κ3) is 3.20. The zero-order valence-corrected chi connectivity index (χ0v) is 9.81. The molecule has 2 aromatic rings. The van der Waals surface area contributed by atoms with Crippen LogP contribution in [0.15, 0.2) is 54.6 Å². The van der Waals surface area contributed by atoms with Gasteiger partial charge in [0.1, 0.15) is 0 Å². The maximum Gasteiger partial charge on any atom is 0.251 e. The van der Waals surface area contributed by atoms with E-state index in [-0.39, 0.29) is 13.3 Å². The van der Waals surface area contributed by atoms with Crippen LogP contribution in [0.1, 0.15) is 24.7 Å². The molecule has 94 valence electrons. The largest absolute Gasteiger partial charge is 0.352 e. The van der Waals surface area contributed by atoms with Crippen LogP contribution in [-0.2, 0) is 0 Å². The summed E-state index contributed by atoms with van der Waals surface area (Å²) in [5.74, 6) is -0.0212. The van der Waals surface area contributed by atoms with Crippen LogP contribution in [0.25, 0.3) is 11.1 Å². The zero-order valence-electron chi connectivity index (χ0n) is 9.81. The fourth-order valence-corrected chi connectivity index (χ4v) is 1.71. The molecule has 1 amide bonds. The minimum absolute atomic E-state index is 0. The summed E-state index contributed by atoms with van der Waals surface area (Å²) in [5.41, 5.74) is 2.99. The summed E-state index contributed by atoms with van der Waals surface area (Å²) in [6.45, 7) is 2.56. The molecule has 0 aromatic heterocycles. The van der Waals surface area contributed by atoms with Crippen LogP contribution in [0.5, 0.6) is 0 Å². The van der Waals surface area contributed by atoms with E-state index in [1.54, 1.807) is 0 Å². The fourth-order valence-electron chi connectivity index (χ4n) is 1.71. The maximum atomic E-state index is 11.6. The van der Waals surface area contributed by atoms with Gasteiger partial charge in [-0.2, -0.15) is 0 Å². The highest BCUT2D eigenvalue weighted by atomic mass is 16.1. The van der Waals surface area contributed by atoms with Crippen molar-refractivity contribution in [1.82, 2.24) is 5.32 Å². The molecule has 0 aliphatic rings. The van der Waals surface area contributed by atoms with Crippen LogP contribution in [0.2, 0.25) is 0 Å². The molecule has 0 bridgehead atoms. The molecule has 2 heteroatoms. The van der Waals surface area contributed by atoms with Gasteiger partial charge in [0.15, 0.2) is 0 Å². The molecule has 0 aliphatic carbocycles. The van der Waals surface area contributed by atoms with Gasteiger partial charge < -0.3 is 5.32 Å². The SMILES string of the molecule is C.CCNC(=O)c1ccc(-c2ccccc2)cc1. The van der Waals surface area contributed by atoms with Crippen molar-refractivity contribution in [2.45, 2.75) is 14.4 Å². The highest BCUT2D eigenvalue weighted by Gasteiger charge is 2.03. The summed E-state index contributed by atoms with van der Waals surface area (Å²) >= 11 is 0. The Morgan fingerprint density at radius 2 is 1.50 bits per heavy atom. The normalized spacial score (nSPS) is 9.39. The van der Waals surface area contributed by atoms with E-state index in [0.717, 1.165) is 11.1 Å². The number of hydrogen-bond acceptors (Lipinski definition) is 1. The molecular weight excluding hydrogens is 222 g/mol. The first-order valence-electron chi connectivity index (χ1n) is 5.75. The molecule has 0 aliphatic heterocycles. The first-order chi connectivity index (χ1) is 8.31. The van der Waals surface area contributed by atoms with Crippen LogP contribution in [0.3, 0.4) is 0 Å². The molecule has 18 heavy (non-hydrogen) atoms. The lowest BCUT2D eigenvalue weighted by atomic mass is 10.0. The van der Waals surface area contributed by atoms with Gasteiger partial charge in [0.25, 0.3) is 5.91 Å².